The van der Waals surface area contributed by atoms with Gasteiger partial charge in [0.15, 0.2) is 0 Å². The van der Waals surface area contributed by atoms with Crippen molar-refractivity contribution in [1.29, 1.82) is 0 Å². The Kier molecular flexibility index (Phi) is 5.84. The highest BCUT2D eigenvalue weighted by molar-refractivity contribution is 6.04. The second-order valence-electron chi connectivity index (χ2n) is 5.42. The van der Waals surface area contributed by atoms with Crippen LogP contribution in [0.2, 0.25) is 0 Å². The first-order chi connectivity index (χ1) is 11.9. The molecule has 1 atom stereocenters. The molecule has 7 heteroatoms. The van der Waals surface area contributed by atoms with Crippen LogP contribution in [-0.4, -0.2) is 28.9 Å². The first-order valence-corrected chi connectivity index (χ1v) is 7.51. The Morgan fingerprint density at radius 2 is 1.72 bits per heavy atom. The Morgan fingerprint density at radius 3 is 2.32 bits per heavy atom. The summed E-state index contributed by atoms with van der Waals surface area (Å²) in [5.41, 5.74) is 1.02. The number of para-hydroxylation sites is 1. The summed E-state index contributed by atoms with van der Waals surface area (Å²) >= 11 is 0. The third kappa shape index (κ3) is 5.13. The minimum absolute atomic E-state index is 0.00363. The molecule has 0 radical (unpaired) electrons. The Morgan fingerprint density at radius 1 is 1.08 bits per heavy atom. The molecule has 130 valence electrons. The van der Waals surface area contributed by atoms with Crippen LogP contribution in [0, 0.1) is 5.82 Å². The zero-order valence-electron chi connectivity index (χ0n) is 13.5. The van der Waals surface area contributed by atoms with E-state index in [-0.39, 0.29) is 17.9 Å². The van der Waals surface area contributed by atoms with Crippen LogP contribution in [0.3, 0.4) is 0 Å². The van der Waals surface area contributed by atoms with E-state index in [0.717, 1.165) is 0 Å². The van der Waals surface area contributed by atoms with E-state index < -0.39 is 23.7 Å². The molecule has 0 aliphatic rings. The van der Waals surface area contributed by atoms with Gasteiger partial charge in [-0.2, -0.15) is 0 Å². The van der Waals surface area contributed by atoms with Crippen LogP contribution >= 0.6 is 0 Å². The Labute approximate surface area is 143 Å². The van der Waals surface area contributed by atoms with E-state index in [2.05, 4.69) is 10.6 Å². The van der Waals surface area contributed by atoms with Crippen molar-refractivity contribution in [2.24, 2.45) is 0 Å². The van der Waals surface area contributed by atoms with E-state index in [0.29, 0.717) is 11.3 Å². The van der Waals surface area contributed by atoms with E-state index >= 15 is 0 Å². The Balaban J connectivity index is 2.17. The van der Waals surface area contributed by atoms with Gasteiger partial charge < -0.3 is 15.7 Å². The average Bonchev–Trinajstić information content (AvgIpc) is 2.56. The fourth-order valence-corrected chi connectivity index (χ4v) is 2.27. The smallest absolute Gasteiger partial charge is 0.326 e. The van der Waals surface area contributed by atoms with E-state index in [1.165, 1.54) is 37.3 Å². The van der Waals surface area contributed by atoms with Gasteiger partial charge in [0.05, 0.1) is 11.3 Å². The van der Waals surface area contributed by atoms with Crippen molar-refractivity contribution in [3.05, 3.63) is 65.5 Å². The van der Waals surface area contributed by atoms with Crippen molar-refractivity contribution in [2.75, 3.05) is 5.32 Å². The predicted molar refractivity (Wildman–Crippen MR) is 89.7 cm³/mol. The highest BCUT2D eigenvalue weighted by atomic mass is 19.1. The molecule has 0 saturated carbocycles. The summed E-state index contributed by atoms with van der Waals surface area (Å²) in [6.45, 7) is 1.31. The lowest BCUT2D eigenvalue weighted by Gasteiger charge is -2.16. The van der Waals surface area contributed by atoms with Crippen molar-refractivity contribution in [3.8, 4) is 0 Å². The van der Waals surface area contributed by atoms with Crippen molar-refractivity contribution < 1.29 is 23.9 Å². The van der Waals surface area contributed by atoms with Gasteiger partial charge in [0.1, 0.15) is 11.9 Å². The maximum Gasteiger partial charge on any atom is 0.326 e. The van der Waals surface area contributed by atoms with Crippen LogP contribution < -0.4 is 10.6 Å². The van der Waals surface area contributed by atoms with E-state index in [9.17, 15) is 23.9 Å². The average molecular weight is 344 g/mol. The number of halogens is 1. The standard InChI is InChI=1S/C18H17FN2O4/c1-11(22)20-15-5-3-2-4-14(15)17(23)21-16(18(24)25)10-12-6-8-13(19)9-7-12/h2-9,16H,10H2,1H3,(H,20,22)(H,21,23)(H,24,25)/t16-/m1/s1. The molecular formula is C18H17FN2O4. The van der Waals surface area contributed by atoms with Gasteiger partial charge >= 0.3 is 5.97 Å². The number of benzene rings is 2. The summed E-state index contributed by atoms with van der Waals surface area (Å²) in [4.78, 5) is 35.1. The van der Waals surface area contributed by atoms with Crippen LogP contribution in [0.4, 0.5) is 10.1 Å². The first-order valence-electron chi connectivity index (χ1n) is 7.51. The Bertz CT molecular complexity index is 790. The van der Waals surface area contributed by atoms with Gasteiger partial charge in [-0.15, -0.1) is 0 Å². The molecule has 2 aromatic carbocycles. The molecule has 0 spiro atoms. The van der Waals surface area contributed by atoms with Crippen molar-refractivity contribution >= 4 is 23.5 Å². The van der Waals surface area contributed by atoms with E-state index in [4.69, 9.17) is 0 Å². The number of amides is 2. The molecule has 0 bridgehead atoms. The third-order valence-corrected chi connectivity index (χ3v) is 3.44. The largest absolute Gasteiger partial charge is 0.480 e. The van der Waals surface area contributed by atoms with Crippen LogP contribution in [0.5, 0.6) is 0 Å². The van der Waals surface area contributed by atoms with Crippen molar-refractivity contribution in [3.63, 3.8) is 0 Å². The summed E-state index contributed by atoms with van der Waals surface area (Å²) in [7, 11) is 0. The normalized spacial score (nSPS) is 11.4. The van der Waals surface area contributed by atoms with Gasteiger partial charge in [0.25, 0.3) is 5.91 Å². The maximum atomic E-state index is 12.9. The molecule has 0 saturated heterocycles. The van der Waals surface area contributed by atoms with Crippen molar-refractivity contribution in [1.82, 2.24) is 5.32 Å². The van der Waals surface area contributed by atoms with Gasteiger partial charge in [0.2, 0.25) is 5.91 Å². The molecule has 2 amide bonds. The molecule has 6 nitrogen and oxygen atoms in total. The fraction of sp³-hybridized carbons (Fsp3) is 0.167. The molecule has 25 heavy (non-hydrogen) atoms. The zero-order chi connectivity index (χ0) is 18.4. The van der Waals surface area contributed by atoms with E-state index in [1.54, 1.807) is 18.2 Å². The van der Waals surface area contributed by atoms with Crippen LogP contribution in [0.15, 0.2) is 48.5 Å². The molecule has 0 fully saturated rings. The monoisotopic (exact) mass is 344 g/mol. The summed E-state index contributed by atoms with van der Waals surface area (Å²) < 4.78 is 12.9. The van der Waals surface area contributed by atoms with Gasteiger partial charge in [-0.25, -0.2) is 9.18 Å². The van der Waals surface area contributed by atoms with E-state index in [1.807, 2.05) is 0 Å². The molecule has 3 N–H and O–H groups in total. The lowest BCUT2D eigenvalue weighted by Crippen LogP contribution is -2.42. The number of carboxylic acids is 1. The maximum absolute atomic E-state index is 12.9. The highest BCUT2D eigenvalue weighted by Crippen LogP contribution is 2.15. The minimum Gasteiger partial charge on any atom is -0.480 e. The summed E-state index contributed by atoms with van der Waals surface area (Å²) in [6.07, 6.45) is 0.00363. The third-order valence-electron chi connectivity index (χ3n) is 3.44. The van der Waals surface area contributed by atoms with Gasteiger partial charge in [-0.3, -0.25) is 9.59 Å². The Hall–Kier alpha value is -3.22. The van der Waals surface area contributed by atoms with Crippen LogP contribution in [0.25, 0.3) is 0 Å². The minimum atomic E-state index is -1.21. The molecule has 2 aromatic rings. The van der Waals surface area contributed by atoms with Crippen LogP contribution in [-0.2, 0) is 16.0 Å². The second kappa shape index (κ2) is 8.05. The van der Waals surface area contributed by atoms with Gasteiger partial charge in [0, 0.05) is 13.3 Å². The number of carbonyl (C=O) groups excluding carboxylic acids is 2. The summed E-state index contributed by atoms with van der Waals surface area (Å²) in [5.74, 6) is -2.61. The number of aliphatic carboxylic acids is 1. The summed E-state index contributed by atoms with van der Waals surface area (Å²) in [6, 6.07) is 10.5. The fourth-order valence-electron chi connectivity index (χ4n) is 2.27. The number of hydrogen-bond donors (Lipinski definition) is 3. The quantitative estimate of drug-likeness (QED) is 0.749. The molecule has 0 heterocycles. The lowest BCUT2D eigenvalue weighted by molar-refractivity contribution is -0.139. The molecule has 0 aliphatic carbocycles. The lowest BCUT2D eigenvalue weighted by atomic mass is 10.0. The number of carboxylic acid groups (broad SMARTS) is 1. The summed E-state index contributed by atoms with van der Waals surface area (Å²) in [5, 5.41) is 14.3. The molecule has 0 unspecified atom stereocenters. The molecular weight excluding hydrogens is 327 g/mol. The first kappa shape index (κ1) is 18.1. The van der Waals surface area contributed by atoms with Crippen LogP contribution in [0.1, 0.15) is 22.8 Å². The van der Waals surface area contributed by atoms with Crippen molar-refractivity contribution in [2.45, 2.75) is 19.4 Å². The number of anilines is 1. The molecule has 2 rings (SSSR count). The number of rotatable bonds is 6. The SMILES string of the molecule is CC(=O)Nc1ccccc1C(=O)N[C@H](Cc1ccc(F)cc1)C(=O)O. The molecule has 0 aromatic heterocycles. The topological polar surface area (TPSA) is 95.5 Å². The number of carbonyl (C=O) groups is 3. The zero-order valence-corrected chi connectivity index (χ0v) is 13.5. The highest BCUT2D eigenvalue weighted by Gasteiger charge is 2.22. The number of hydrogen-bond acceptors (Lipinski definition) is 3. The number of nitrogens with one attached hydrogen (secondary N) is 2. The molecule has 0 aliphatic heterocycles. The predicted octanol–water partition coefficient (Wildman–Crippen LogP) is 2.21. The van der Waals surface area contributed by atoms with Gasteiger partial charge in [-0.1, -0.05) is 24.3 Å². The second-order valence-corrected chi connectivity index (χ2v) is 5.42. The van der Waals surface area contributed by atoms with Gasteiger partial charge in [-0.05, 0) is 29.8 Å².